The smallest absolute Gasteiger partial charge is 0.392 e. The summed E-state index contributed by atoms with van der Waals surface area (Å²) >= 11 is 0. The lowest BCUT2D eigenvalue weighted by Crippen LogP contribution is -2.58. The van der Waals surface area contributed by atoms with Gasteiger partial charge >= 0.3 is 12.4 Å². The normalized spacial score (nSPS) is 17.7. The first-order valence-corrected chi connectivity index (χ1v) is 20.1. The minimum Gasteiger partial charge on any atom is -0.392 e. The molecule has 0 bridgehead atoms. The van der Waals surface area contributed by atoms with Gasteiger partial charge in [0.15, 0.2) is 0 Å². The molecular weight excluding hydrogens is 731 g/mol. The fourth-order valence-corrected chi connectivity index (χ4v) is 6.77. The average molecular weight is 785 g/mol. The summed E-state index contributed by atoms with van der Waals surface area (Å²) < 4.78 is 93.6. The van der Waals surface area contributed by atoms with Crippen molar-refractivity contribution in [3.05, 3.63) is 89.3 Å². The van der Waals surface area contributed by atoms with Crippen molar-refractivity contribution in [3.8, 4) is 11.1 Å². The van der Waals surface area contributed by atoms with Gasteiger partial charge in [0.05, 0.1) is 48.9 Å². The van der Waals surface area contributed by atoms with E-state index in [0.717, 1.165) is 31.8 Å². The van der Waals surface area contributed by atoms with E-state index in [1.54, 1.807) is 37.4 Å². The molecule has 300 valence electrons. The van der Waals surface area contributed by atoms with E-state index in [1.165, 1.54) is 13.8 Å². The van der Waals surface area contributed by atoms with E-state index < -0.39 is 39.2 Å². The predicted octanol–water partition coefficient (Wildman–Crippen LogP) is 9.14. The lowest BCUT2D eigenvalue weighted by atomic mass is 9.79. The van der Waals surface area contributed by atoms with Gasteiger partial charge in [0, 0.05) is 61.8 Å². The Morgan fingerprint density at radius 2 is 1.52 bits per heavy atom. The number of pyridine rings is 1. The zero-order valence-corrected chi connectivity index (χ0v) is 33.5. The van der Waals surface area contributed by atoms with Crippen molar-refractivity contribution >= 4 is 21.8 Å². The van der Waals surface area contributed by atoms with Gasteiger partial charge in [-0.25, -0.2) is 4.98 Å². The summed E-state index contributed by atoms with van der Waals surface area (Å²) in [6.07, 6.45) is -3.94. The topological polar surface area (TPSA) is 61.3 Å². The number of anilines is 2. The van der Waals surface area contributed by atoms with Crippen LogP contribution in [0.2, 0.25) is 0 Å². The largest absolute Gasteiger partial charge is 0.416 e. The number of alkyl halides is 6. The maximum atomic E-state index is 13.7. The van der Waals surface area contributed by atoms with Gasteiger partial charge in [-0.1, -0.05) is 65.5 Å². The van der Waals surface area contributed by atoms with E-state index in [-0.39, 0.29) is 30.0 Å². The first-order valence-electron chi connectivity index (χ1n) is 17.7. The third kappa shape index (κ3) is 9.73. The molecule has 0 aliphatic carbocycles. The maximum Gasteiger partial charge on any atom is 0.416 e. The van der Waals surface area contributed by atoms with Crippen LogP contribution in [0.3, 0.4) is 0 Å². The number of halogens is 6. The summed E-state index contributed by atoms with van der Waals surface area (Å²) in [4.78, 5) is 11.0. The van der Waals surface area contributed by atoms with Gasteiger partial charge in [-0.05, 0) is 53.5 Å². The molecule has 3 heterocycles. The van der Waals surface area contributed by atoms with Crippen LogP contribution in [0.25, 0.3) is 11.1 Å². The summed E-state index contributed by atoms with van der Waals surface area (Å²) in [5, 5.41) is 10.2. The monoisotopic (exact) mass is 784 g/mol. The molecule has 5 rings (SSSR count). The third-order valence-corrected chi connectivity index (χ3v) is 14.6. The lowest BCUT2D eigenvalue weighted by Gasteiger charge is -2.44. The van der Waals surface area contributed by atoms with Gasteiger partial charge in [-0.2, -0.15) is 26.3 Å². The number of rotatable bonds is 8. The van der Waals surface area contributed by atoms with Crippen LogP contribution >= 0.6 is 10.3 Å². The van der Waals surface area contributed by atoms with E-state index in [1.807, 2.05) is 18.2 Å². The van der Waals surface area contributed by atoms with Crippen molar-refractivity contribution in [3.63, 3.8) is 0 Å². The molecule has 1 N–H and O–H groups in total. The Labute approximate surface area is 317 Å². The number of fused-ring (bicyclic) bond motifs is 1. The van der Waals surface area contributed by atoms with Gasteiger partial charge in [-0.15, -0.1) is 10.3 Å². The Kier molecular flexibility index (Phi) is 13.2. The molecule has 1 aromatic heterocycles. The number of aromatic nitrogens is 1. The number of hydrogen-bond donors (Lipinski definition) is 1. The Morgan fingerprint density at radius 3 is 2.06 bits per heavy atom. The molecule has 54 heavy (non-hydrogen) atoms. The maximum absolute atomic E-state index is 13.7. The van der Waals surface area contributed by atoms with Crippen LogP contribution in [0.15, 0.2) is 67.0 Å². The standard InChI is InChI=1S/C33H36F6N4O2.C7H18OS/c1-21(31(2,3)23-13-24(32(34,35)36)15-25(14-23)33(37,38)39)41(4)29-17-40-30(16-28(29)27-8-6-5-7-22(27)19-44)43-10-9-42-11-12-45-20-26(42)18-43;1-7(2,3)9(5,6)8-4/h5-8,13-17,26,44H,1,9-12,18-20H2,2-4H3;1-6H3. The highest BCUT2D eigenvalue weighted by Gasteiger charge is 2.40. The fourth-order valence-electron chi connectivity index (χ4n) is 6.27. The van der Waals surface area contributed by atoms with E-state index >= 15 is 0 Å². The van der Waals surface area contributed by atoms with Crippen molar-refractivity contribution in [2.75, 3.05) is 75.9 Å². The van der Waals surface area contributed by atoms with E-state index in [2.05, 4.69) is 49.7 Å². The van der Waals surface area contributed by atoms with Crippen molar-refractivity contribution in [1.29, 1.82) is 0 Å². The first-order chi connectivity index (χ1) is 24.9. The van der Waals surface area contributed by atoms with E-state index in [4.69, 9.17) is 13.9 Å². The molecule has 7 nitrogen and oxygen atoms in total. The molecule has 3 aromatic rings. The first kappa shape index (κ1) is 43.4. The van der Waals surface area contributed by atoms with Crippen LogP contribution in [0, 0.1) is 0 Å². The molecule has 0 saturated carbocycles. The van der Waals surface area contributed by atoms with Crippen molar-refractivity contribution in [2.45, 2.75) is 69.8 Å². The molecule has 2 aliphatic rings. The zero-order valence-electron chi connectivity index (χ0n) is 32.7. The van der Waals surface area contributed by atoms with Crippen LogP contribution in [-0.2, 0) is 33.3 Å². The number of nitrogens with zero attached hydrogens (tertiary/aromatic N) is 4. The number of piperazine rings is 1. The number of aliphatic hydroxyl groups is 1. The second kappa shape index (κ2) is 16.4. The van der Waals surface area contributed by atoms with E-state index in [0.29, 0.717) is 52.7 Å². The lowest BCUT2D eigenvalue weighted by molar-refractivity contribution is -0.143. The van der Waals surface area contributed by atoms with Crippen LogP contribution in [0.5, 0.6) is 0 Å². The predicted molar refractivity (Wildman–Crippen MR) is 207 cm³/mol. The average Bonchev–Trinajstić information content (AvgIpc) is 3.12. The molecule has 2 aliphatic heterocycles. The van der Waals surface area contributed by atoms with Gasteiger partial charge < -0.3 is 23.8 Å². The number of benzene rings is 2. The van der Waals surface area contributed by atoms with Crippen LogP contribution in [0.1, 0.15) is 56.9 Å². The molecule has 2 saturated heterocycles. The molecule has 2 fully saturated rings. The Balaban J connectivity index is 0.000000641. The highest BCUT2D eigenvalue weighted by Crippen LogP contribution is 2.52. The number of morpholine rings is 1. The number of hydrogen-bond acceptors (Lipinski definition) is 7. The summed E-state index contributed by atoms with van der Waals surface area (Å²) in [6.45, 7) is 18.1. The quantitative estimate of drug-likeness (QED) is 0.229. The van der Waals surface area contributed by atoms with Gasteiger partial charge in [0.1, 0.15) is 5.82 Å². The molecule has 0 spiro atoms. The minimum absolute atomic E-state index is 0.123. The van der Waals surface area contributed by atoms with Crippen molar-refractivity contribution in [2.24, 2.45) is 0 Å². The molecule has 2 aromatic carbocycles. The number of likely N-dealkylation sites (N-methyl/N-ethyl adjacent to an activating group) is 1. The molecular formula is C40H54F6N4O3S. The highest BCUT2D eigenvalue weighted by molar-refractivity contribution is 8.29. The van der Waals surface area contributed by atoms with Gasteiger partial charge in [0.2, 0.25) is 0 Å². The van der Waals surface area contributed by atoms with Crippen LogP contribution in [0.4, 0.5) is 37.8 Å². The number of aliphatic hydroxyl groups excluding tert-OH is 1. The summed E-state index contributed by atoms with van der Waals surface area (Å²) in [7, 11) is 2.61. The third-order valence-electron chi connectivity index (χ3n) is 10.8. The second-order valence-electron chi connectivity index (χ2n) is 15.5. The highest BCUT2D eigenvalue weighted by atomic mass is 32.3. The molecule has 14 heteroatoms. The Hall–Kier alpha value is -3.30. The molecule has 1 unspecified atom stereocenters. The molecule has 1 atom stereocenters. The molecule has 0 radical (unpaired) electrons. The Morgan fingerprint density at radius 1 is 0.926 bits per heavy atom. The van der Waals surface area contributed by atoms with Crippen molar-refractivity contribution in [1.82, 2.24) is 9.88 Å². The van der Waals surface area contributed by atoms with Crippen molar-refractivity contribution < 1.29 is 40.4 Å². The van der Waals surface area contributed by atoms with Gasteiger partial charge in [0.25, 0.3) is 0 Å². The molecule has 0 amide bonds. The summed E-state index contributed by atoms with van der Waals surface area (Å²) in [5.74, 6) is 0.706. The van der Waals surface area contributed by atoms with E-state index in [9.17, 15) is 31.4 Å². The summed E-state index contributed by atoms with van der Waals surface area (Å²) in [5.41, 5.74) is -1.49. The fraction of sp³-hybridized carbons (Fsp3) is 0.525. The van der Waals surface area contributed by atoms with Crippen LogP contribution in [-0.4, -0.2) is 91.8 Å². The summed E-state index contributed by atoms with van der Waals surface area (Å²) in [6, 6.07) is 11.0. The zero-order chi connectivity index (χ0) is 40.4. The number of ether oxygens (including phenoxy) is 1. The Bertz CT molecular complexity index is 1740. The van der Waals surface area contributed by atoms with Crippen LogP contribution < -0.4 is 9.80 Å². The second-order valence-corrected chi connectivity index (χ2v) is 19.5. The minimum atomic E-state index is -4.98. The SMILES string of the molecule is C=C(N(C)c1cnc(N2CCN3CCOCC3C2)cc1-c1ccccc1CO)C(C)(C)c1cc(C(F)(F)F)cc(C(F)(F)F)c1.COS(C)(C)C(C)(C)C. The number of allylic oxidation sites excluding steroid dienone is 1. The van der Waals surface area contributed by atoms with Gasteiger partial charge in [-0.3, -0.25) is 4.90 Å².